The molecule has 2 radical (unpaired) electrons. The molecule has 0 saturated carbocycles. The minimum atomic E-state index is -3.01. The fraction of sp³-hybridized carbons (Fsp3) is 0.562. The maximum atomic E-state index is 14.4. The number of ether oxygens (including phenoxy) is 1. The van der Waals surface area contributed by atoms with E-state index in [0.29, 0.717) is 17.3 Å². The first-order chi connectivity index (χ1) is 17.6. The van der Waals surface area contributed by atoms with Crippen molar-refractivity contribution in [2.45, 2.75) is 107 Å². The topological polar surface area (TPSA) is 9.23 Å². The molecule has 0 spiro atoms. The van der Waals surface area contributed by atoms with Crippen LogP contribution in [0, 0.1) is 5.41 Å². The van der Waals surface area contributed by atoms with Gasteiger partial charge < -0.3 is 4.74 Å². The minimum absolute atomic E-state index is 0.241. The van der Waals surface area contributed by atoms with E-state index in [0.717, 1.165) is 16.0 Å². The van der Waals surface area contributed by atoms with Gasteiger partial charge in [0.2, 0.25) is 0 Å². The highest BCUT2D eigenvalue weighted by atomic mass is 32.2. The van der Waals surface area contributed by atoms with Gasteiger partial charge in [0.15, 0.2) is 6.61 Å². The van der Waals surface area contributed by atoms with Crippen LogP contribution < -0.4 is 0 Å². The maximum Gasteiger partial charge on any atom is 0.286 e. The molecule has 0 N–H and O–H groups in total. The molecule has 0 aliphatic carbocycles. The predicted octanol–water partition coefficient (Wildman–Crippen LogP) is 11.2. The van der Waals surface area contributed by atoms with Gasteiger partial charge in [0, 0.05) is 10.3 Å². The number of hydrogen-bond donors (Lipinski definition) is 0. The predicted molar refractivity (Wildman–Crippen MR) is 166 cm³/mol. The van der Waals surface area contributed by atoms with Gasteiger partial charge in [0.25, 0.3) is 5.92 Å². The lowest BCUT2D eigenvalue weighted by molar-refractivity contribution is -0.135. The third kappa shape index (κ3) is 13.3. The standard InChI is InChI=1S/C28H38BF3OS.2C2H6/c1-18(2)24-12-10-11-13-25(24)21(5)26(34-22(6)29)23(15-14-19(3)30)16-20(4)33-17-28(31,32)27(7,8)9;2*1-2/h10-16,18,22H,17H2,1-9H3;2*1-2H3/b19-14+,20-16+,23-15+,26-21+;;. The van der Waals surface area contributed by atoms with Gasteiger partial charge in [-0.15, -0.1) is 11.8 Å². The van der Waals surface area contributed by atoms with Crippen LogP contribution in [0.1, 0.15) is 107 Å². The summed E-state index contributed by atoms with van der Waals surface area (Å²) in [6.07, 6.45) is 4.66. The molecule has 0 heterocycles. The van der Waals surface area contributed by atoms with Gasteiger partial charge in [-0.05, 0) is 66.3 Å². The Balaban J connectivity index is 0. The number of halogens is 3. The Morgan fingerprint density at radius 1 is 0.974 bits per heavy atom. The van der Waals surface area contributed by atoms with Crippen molar-refractivity contribution >= 4 is 25.2 Å². The summed E-state index contributed by atoms with van der Waals surface area (Å²) in [7, 11) is 6.16. The van der Waals surface area contributed by atoms with E-state index in [2.05, 4.69) is 26.0 Å². The molecule has 1 atom stereocenters. The molecule has 1 rings (SSSR count). The number of benzene rings is 1. The molecule has 0 aliphatic heterocycles. The van der Waals surface area contributed by atoms with Crippen LogP contribution in [0.15, 0.2) is 64.6 Å². The van der Waals surface area contributed by atoms with E-state index in [1.807, 2.05) is 53.7 Å². The second kappa shape index (κ2) is 18.5. The summed E-state index contributed by atoms with van der Waals surface area (Å²) in [6, 6.07) is 8.12. The van der Waals surface area contributed by atoms with Crippen LogP contribution >= 0.6 is 11.8 Å². The lowest BCUT2D eigenvalue weighted by Gasteiger charge is -2.30. The van der Waals surface area contributed by atoms with Crippen LogP contribution in [0.4, 0.5) is 13.2 Å². The summed E-state index contributed by atoms with van der Waals surface area (Å²) in [5.41, 5.74) is 2.64. The lowest BCUT2D eigenvalue weighted by atomic mass is 9.88. The quantitative estimate of drug-likeness (QED) is 0.163. The summed E-state index contributed by atoms with van der Waals surface area (Å²) in [4.78, 5) is 0.839. The molecule has 1 nitrogen and oxygen atoms in total. The number of alkyl halides is 2. The highest BCUT2D eigenvalue weighted by molar-refractivity contribution is 8.05. The summed E-state index contributed by atoms with van der Waals surface area (Å²) >= 11 is 1.44. The third-order valence-electron chi connectivity index (χ3n) is 5.32. The zero-order chi connectivity index (χ0) is 30.3. The van der Waals surface area contributed by atoms with E-state index in [9.17, 15) is 13.2 Å². The molecule has 0 aliphatic rings. The van der Waals surface area contributed by atoms with E-state index >= 15 is 0 Å². The van der Waals surface area contributed by atoms with Crippen LogP contribution in [0.3, 0.4) is 0 Å². The molecule has 1 unspecified atom stereocenters. The molecule has 0 aromatic heterocycles. The molecule has 1 aromatic carbocycles. The maximum absolute atomic E-state index is 14.4. The van der Waals surface area contributed by atoms with E-state index in [-0.39, 0.29) is 11.0 Å². The molecule has 6 heteroatoms. The second-order valence-electron chi connectivity index (χ2n) is 9.89. The molecular weight excluding hydrogens is 500 g/mol. The molecule has 214 valence electrons. The molecule has 0 bridgehead atoms. The molecule has 0 saturated heterocycles. The zero-order valence-corrected chi connectivity index (χ0v) is 26.7. The summed E-state index contributed by atoms with van der Waals surface area (Å²) in [5, 5.41) is -0.241. The first kappa shape index (κ1) is 38.3. The molecule has 38 heavy (non-hydrogen) atoms. The molecular formula is C32H50BF3OS. The van der Waals surface area contributed by atoms with Crippen molar-refractivity contribution in [1.82, 2.24) is 0 Å². The molecule has 1 aromatic rings. The van der Waals surface area contributed by atoms with Gasteiger partial charge >= 0.3 is 0 Å². The Kier molecular flexibility index (Phi) is 18.6. The van der Waals surface area contributed by atoms with Crippen molar-refractivity contribution in [1.29, 1.82) is 0 Å². The summed E-state index contributed by atoms with van der Waals surface area (Å²) < 4.78 is 48.0. The minimum Gasteiger partial charge on any atom is -0.492 e. The van der Waals surface area contributed by atoms with Crippen molar-refractivity contribution in [3.63, 3.8) is 0 Å². The van der Waals surface area contributed by atoms with Crippen LogP contribution in [0.25, 0.3) is 5.57 Å². The number of rotatable bonds is 10. The van der Waals surface area contributed by atoms with Gasteiger partial charge in [-0.1, -0.05) is 99.6 Å². The van der Waals surface area contributed by atoms with Crippen molar-refractivity contribution < 1.29 is 17.9 Å². The number of thioether (sulfide) groups is 1. The summed E-state index contributed by atoms with van der Waals surface area (Å²) in [6.45, 7) is 22.8. The normalized spacial score (nSPS) is 14.6. The third-order valence-corrected chi connectivity index (χ3v) is 6.47. The Hall–Kier alpha value is -1.82. The lowest BCUT2D eigenvalue weighted by Crippen LogP contribution is -2.38. The first-order valence-electron chi connectivity index (χ1n) is 13.5. The van der Waals surface area contributed by atoms with Crippen LogP contribution in [0.5, 0.6) is 0 Å². The smallest absolute Gasteiger partial charge is 0.286 e. The Bertz CT molecular complexity index is 948. The highest BCUT2D eigenvalue weighted by Crippen LogP contribution is 2.39. The van der Waals surface area contributed by atoms with Gasteiger partial charge in [-0.2, -0.15) is 0 Å². The van der Waals surface area contributed by atoms with Crippen molar-refractivity contribution in [2.75, 3.05) is 6.61 Å². The van der Waals surface area contributed by atoms with Crippen molar-refractivity contribution in [2.24, 2.45) is 5.41 Å². The Morgan fingerprint density at radius 3 is 1.95 bits per heavy atom. The second-order valence-corrected chi connectivity index (χ2v) is 11.3. The molecule has 0 fully saturated rings. The van der Waals surface area contributed by atoms with E-state index in [4.69, 9.17) is 12.6 Å². The van der Waals surface area contributed by atoms with Crippen molar-refractivity contribution in [3.05, 3.63) is 75.7 Å². The SMILES string of the molecule is CC.CC.[B]C(C)SC(/C(/C=C(\C)OCC(F)(F)C(C)(C)C)=C/C=C(\C)F)=C(\C)c1ccccc1C(C)C. The summed E-state index contributed by atoms with van der Waals surface area (Å²) in [5.74, 6) is -2.76. The van der Waals surface area contributed by atoms with Gasteiger partial charge in [-0.3, -0.25) is 0 Å². The van der Waals surface area contributed by atoms with Gasteiger partial charge in [0.05, 0.1) is 19.4 Å². The number of allylic oxidation sites excluding steroid dienone is 7. The van der Waals surface area contributed by atoms with Crippen LogP contribution in [-0.2, 0) is 4.74 Å². The van der Waals surface area contributed by atoms with Crippen molar-refractivity contribution in [3.8, 4) is 0 Å². The zero-order valence-electron chi connectivity index (χ0n) is 25.9. The van der Waals surface area contributed by atoms with Gasteiger partial charge in [0.1, 0.15) is 0 Å². The largest absolute Gasteiger partial charge is 0.492 e. The van der Waals surface area contributed by atoms with Gasteiger partial charge in [-0.25, -0.2) is 13.2 Å². The Labute approximate surface area is 237 Å². The Morgan fingerprint density at radius 2 is 1.50 bits per heavy atom. The van der Waals surface area contributed by atoms with E-state index < -0.39 is 17.9 Å². The average molecular weight is 551 g/mol. The fourth-order valence-electron chi connectivity index (χ4n) is 3.10. The first-order valence-corrected chi connectivity index (χ1v) is 14.4. The highest BCUT2D eigenvalue weighted by Gasteiger charge is 2.43. The molecule has 0 amide bonds. The van der Waals surface area contributed by atoms with E-state index in [1.54, 1.807) is 19.1 Å². The van der Waals surface area contributed by atoms with Crippen LogP contribution in [0.2, 0.25) is 0 Å². The van der Waals surface area contributed by atoms with E-state index in [1.165, 1.54) is 51.1 Å². The average Bonchev–Trinajstić information content (AvgIpc) is 2.85. The monoisotopic (exact) mass is 550 g/mol. The fourth-order valence-corrected chi connectivity index (χ4v) is 4.02. The number of hydrogen-bond acceptors (Lipinski definition) is 2. The van der Waals surface area contributed by atoms with Crippen LogP contribution in [-0.4, -0.2) is 25.5 Å².